The molecule has 31 heavy (non-hydrogen) atoms. The van der Waals surface area contributed by atoms with E-state index in [0.29, 0.717) is 25.6 Å². The van der Waals surface area contributed by atoms with Gasteiger partial charge in [0.05, 0.1) is 0 Å². The van der Waals surface area contributed by atoms with Crippen LogP contribution in [0.25, 0.3) is 0 Å². The number of hydrogen-bond donors (Lipinski definition) is 1. The summed E-state index contributed by atoms with van der Waals surface area (Å²) in [6, 6.07) is 3.10. The van der Waals surface area contributed by atoms with Crippen LogP contribution in [0.15, 0.2) is 23.3 Å². The largest absolute Gasteiger partial charge is 0.733 e. The highest BCUT2D eigenvalue weighted by molar-refractivity contribution is 5.79. The van der Waals surface area contributed by atoms with E-state index in [1.54, 1.807) is 21.6 Å². The molecule has 0 radical (unpaired) electrons. The van der Waals surface area contributed by atoms with Gasteiger partial charge in [-0.2, -0.15) is 0 Å². The van der Waals surface area contributed by atoms with Crippen LogP contribution in [-0.4, -0.2) is 53.9 Å². The normalized spacial score (nSPS) is 27.6. The fourth-order valence-electron chi connectivity index (χ4n) is 5.64. The minimum atomic E-state index is -0.467. The zero-order valence-corrected chi connectivity index (χ0v) is 17.2. The van der Waals surface area contributed by atoms with Gasteiger partial charge in [-0.05, 0) is 66.5 Å². The van der Waals surface area contributed by atoms with Gasteiger partial charge in [-0.15, -0.1) is 5.10 Å². The molecule has 1 saturated carbocycles. The molecule has 2 fully saturated rings. The van der Waals surface area contributed by atoms with Crippen LogP contribution >= 0.6 is 0 Å². The molecular formula is C20H26N7O4-. The first-order valence-corrected chi connectivity index (χ1v) is 10.9. The topological polar surface area (TPSA) is 132 Å². The second kappa shape index (κ2) is 8.04. The summed E-state index contributed by atoms with van der Waals surface area (Å²) in [6.45, 7) is 2.49. The molecule has 2 bridgehead atoms. The lowest BCUT2D eigenvalue weighted by Gasteiger charge is -2.44. The van der Waals surface area contributed by atoms with Crippen molar-refractivity contribution in [1.82, 2.24) is 29.7 Å². The summed E-state index contributed by atoms with van der Waals surface area (Å²) in [6.07, 6.45) is 6.31. The Balaban J connectivity index is 1.24. The van der Waals surface area contributed by atoms with Crippen molar-refractivity contribution in [2.75, 3.05) is 18.3 Å². The minimum Gasteiger partial charge on any atom is -0.733 e. The molecule has 11 nitrogen and oxygen atoms in total. The Kier molecular flexibility index (Phi) is 5.22. The number of fused-ring (bicyclic) bond motifs is 4. The molecule has 3 aliphatic rings. The highest BCUT2D eigenvalue weighted by Gasteiger charge is 2.39. The summed E-state index contributed by atoms with van der Waals surface area (Å²) in [5, 5.41) is 31.3. The molecule has 4 heterocycles. The van der Waals surface area contributed by atoms with Gasteiger partial charge in [0.1, 0.15) is 12.0 Å². The number of piperidine rings is 1. The quantitative estimate of drug-likeness (QED) is 0.713. The summed E-state index contributed by atoms with van der Waals surface area (Å²) >= 11 is 0. The number of carbonyl (C=O) groups excluding carboxylic acids is 1. The van der Waals surface area contributed by atoms with Crippen molar-refractivity contribution in [2.24, 2.45) is 17.8 Å². The maximum atomic E-state index is 13.3. The van der Waals surface area contributed by atoms with E-state index in [9.17, 15) is 14.8 Å². The summed E-state index contributed by atoms with van der Waals surface area (Å²) in [4.78, 5) is 27.8. The number of pyridine rings is 1. The maximum Gasteiger partial charge on any atom is 0.275 e. The number of rotatable bonds is 4. The molecule has 1 amide bonds. The van der Waals surface area contributed by atoms with Crippen LogP contribution in [0.4, 0.5) is 5.69 Å². The summed E-state index contributed by atoms with van der Waals surface area (Å²) in [7, 11) is 0. The standard InChI is InChI=1S/C20H26N7O4/c28-19(15-3-1-13(2-4-15)9-25-12-21-22-23-25)24-8-14-7-16(11-24)17-5-6-18(27(30)31)20(29)26(17)10-14/h5-6,12-16,30H,1-4,7-11H2/q-1/t13?,14-,15?,16-/m1/s1. The Hall–Kier alpha value is -2.79. The molecule has 0 spiro atoms. The van der Waals surface area contributed by atoms with Gasteiger partial charge in [0, 0.05) is 43.7 Å². The monoisotopic (exact) mass is 428 g/mol. The van der Waals surface area contributed by atoms with Crippen molar-refractivity contribution >= 4 is 11.6 Å². The second-order valence-electron chi connectivity index (χ2n) is 9.12. The molecule has 2 aromatic heterocycles. The Morgan fingerprint density at radius 2 is 2.00 bits per heavy atom. The van der Waals surface area contributed by atoms with Crippen LogP contribution in [0.2, 0.25) is 0 Å². The molecule has 1 aliphatic carbocycles. The van der Waals surface area contributed by atoms with Crippen LogP contribution in [-0.2, 0) is 17.9 Å². The number of nitrogens with zero attached hydrogens (tertiary/aromatic N) is 7. The molecule has 1 saturated heterocycles. The van der Waals surface area contributed by atoms with Crippen molar-refractivity contribution < 1.29 is 10.0 Å². The van der Waals surface area contributed by atoms with Crippen LogP contribution < -0.4 is 10.8 Å². The molecule has 1 N–H and O–H groups in total. The number of carbonyl (C=O) groups is 1. The van der Waals surface area contributed by atoms with Crippen LogP contribution in [0.5, 0.6) is 0 Å². The molecular weight excluding hydrogens is 402 g/mol. The first kappa shape index (κ1) is 20.1. The third-order valence-electron chi connectivity index (χ3n) is 7.13. The molecule has 166 valence electrons. The number of amides is 1. The molecule has 0 unspecified atom stereocenters. The number of aromatic nitrogens is 5. The van der Waals surface area contributed by atoms with Gasteiger partial charge in [0.2, 0.25) is 5.91 Å². The number of tetrazole rings is 1. The van der Waals surface area contributed by atoms with E-state index in [-0.39, 0.29) is 34.6 Å². The van der Waals surface area contributed by atoms with Gasteiger partial charge < -0.3 is 19.9 Å². The lowest BCUT2D eigenvalue weighted by Crippen LogP contribution is -2.51. The summed E-state index contributed by atoms with van der Waals surface area (Å²) in [5.41, 5.74) is 0.106. The number of anilines is 1. The van der Waals surface area contributed by atoms with Gasteiger partial charge >= 0.3 is 0 Å². The highest BCUT2D eigenvalue weighted by atomic mass is 16.8. The third-order valence-corrected chi connectivity index (χ3v) is 7.13. The van der Waals surface area contributed by atoms with Crippen molar-refractivity contribution in [3.8, 4) is 0 Å². The Morgan fingerprint density at radius 3 is 2.71 bits per heavy atom. The van der Waals surface area contributed by atoms with Crippen molar-refractivity contribution in [3.05, 3.63) is 39.7 Å². The second-order valence-corrected chi connectivity index (χ2v) is 9.12. The highest BCUT2D eigenvalue weighted by Crippen LogP contribution is 2.38. The first-order chi connectivity index (χ1) is 15.0. The average Bonchev–Trinajstić information content (AvgIpc) is 3.27. The SMILES string of the molecule is O=C(C1CCC(Cn2cnnn2)CC1)N1C[C@H]2C[C@H](C1)c1ccc(N([O-])O)c(=O)n1C2. The van der Waals surface area contributed by atoms with E-state index in [1.165, 1.54) is 6.07 Å². The summed E-state index contributed by atoms with van der Waals surface area (Å²) in [5.74, 6) is 1.03. The molecule has 2 atom stereocenters. The number of hydrogen-bond acceptors (Lipinski definition) is 8. The van der Waals surface area contributed by atoms with E-state index >= 15 is 0 Å². The predicted molar refractivity (Wildman–Crippen MR) is 109 cm³/mol. The van der Waals surface area contributed by atoms with Crippen LogP contribution in [0.3, 0.4) is 0 Å². The van der Waals surface area contributed by atoms with Gasteiger partial charge in [0.15, 0.2) is 0 Å². The molecule has 0 aromatic carbocycles. The average molecular weight is 428 g/mol. The third kappa shape index (κ3) is 3.83. The molecule has 2 aromatic rings. The maximum absolute atomic E-state index is 13.3. The van der Waals surface area contributed by atoms with Gasteiger partial charge in [-0.3, -0.25) is 14.8 Å². The van der Waals surface area contributed by atoms with E-state index in [1.807, 2.05) is 4.90 Å². The first-order valence-electron chi connectivity index (χ1n) is 10.9. The zero-order valence-electron chi connectivity index (χ0n) is 17.2. The van der Waals surface area contributed by atoms with E-state index in [4.69, 9.17) is 5.21 Å². The van der Waals surface area contributed by atoms with E-state index < -0.39 is 5.56 Å². The zero-order chi connectivity index (χ0) is 21.5. The van der Waals surface area contributed by atoms with Gasteiger partial charge in [-0.1, -0.05) is 0 Å². The lowest BCUT2D eigenvalue weighted by molar-refractivity contribution is -0.139. The fraction of sp³-hybridized carbons (Fsp3) is 0.650. The molecule has 5 rings (SSSR count). The summed E-state index contributed by atoms with van der Waals surface area (Å²) < 4.78 is 3.35. The van der Waals surface area contributed by atoms with E-state index in [0.717, 1.165) is 44.3 Å². The van der Waals surface area contributed by atoms with Crippen molar-refractivity contribution in [3.63, 3.8) is 0 Å². The van der Waals surface area contributed by atoms with Crippen LogP contribution in [0.1, 0.15) is 43.7 Å². The van der Waals surface area contributed by atoms with Gasteiger partial charge in [0.25, 0.3) is 5.56 Å². The van der Waals surface area contributed by atoms with E-state index in [2.05, 4.69) is 15.5 Å². The lowest BCUT2D eigenvalue weighted by atomic mass is 9.79. The Morgan fingerprint density at radius 1 is 1.19 bits per heavy atom. The Labute approximate surface area is 178 Å². The molecule has 11 heteroatoms. The molecule has 2 aliphatic heterocycles. The fourth-order valence-corrected chi connectivity index (χ4v) is 5.64. The smallest absolute Gasteiger partial charge is 0.275 e. The predicted octanol–water partition coefficient (Wildman–Crippen LogP) is 0.981. The van der Waals surface area contributed by atoms with Gasteiger partial charge in [-0.25, -0.2) is 4.68 Å². The van der Waals surface area contributed by atoms with Crippen LogP contribution in [0, 0.1) is 23.0 Å². The van der Waals surface area contributed by atoms with Crippen molar-refractivity contribution in [1.29, 1.82) is 0 Å². The Bertz CT molecular complexity index is 997. The van der Waals surface area contributed by atoms with Crippen molar-refractivity contribution in [2.45, 2.75) is 51.1 Å². The number of likely N-dealkylation sites (tertiary alicyclic amines) is 1. The minimum absolute atomic E-state index is 0.0527.